The number of hydrogen-bond donors (Lipinski definition) is 3. The first-order chi connectivity index (χ1) is 6.68. The molecule has 1 unspecified atom stereocenters. The molecule has 2 amide bonds. The van der Waals surface area contributed by atoms with E-state index in [1.165, 1.54) is 0 Å². The van der Waals surface area contributed by atoms with Crippen molar-refractivity contribution in [3.05, 3.63) is 0 Å². The zero-order chi connectivity index (χ0) is 10.4. The summed E-state index contributed by atoms with van der Waals surface area (Å²) in [5.74, 6) is -1.06. The van der Waals surface area contributed by atoms with Crippen molar-refractivity contribution in [2.45, 2.75) is 18.9 Å². The van der Waals surface area contributed by atoms with Crippen LogP contribution in [0.1, 0.15) is 12.8 Å². The standard InChI is InChI=1S/C8H14N2O4/c11-7(12)5-10-8(13)9-4-6-2-1-3-14-6/h6H,1-5H2,(H,11,12)(H2,9,10,13). The summed E-state index contributed by atoms with van der Waals surface area (Å²) in [5, 5.41) is 13.0. The maximum Gasteiger partial charge on any atom is 0.323 e. The summed E-state index contributed by atoms with van der Waals surface area (Å²) < 4.78 is 5.27. The molecule has 1 saturated heterocycles. The Morgan fingerprint density at radius 2 is 2.21 bits per heavy atom. The normalized spacial score (nSPS) is 20.4. The van der Waals surface area contributed by atoms with Gasteiger partial charge in [-0.2, -0.15) is 0 Å². The number of carbonyl (C=O) groups excluding carboxylic acids is 1. The highest BCUT2D eigenvalue weighted by molar-refractivity contribution is 5.79. The van der Waals surface area contributed by atoms with Crippen molar-refractivity contribution < 1.29 is 19.4 Å². The van der Waals surface area contributed by atoms with E-state index < -0.39 is 12.0 Å². The fraction of sp³-hybridized carbons (Fsp3) is 0.750. The van der Waals surface area contributed by atoms with Crippen molar-refractivity contribution in [1.82, 2.24) is 10.6 Å². The van der Waals surface area contributed by atoms with Gasteiger partial charge in [0.1, 0.15) is 6.54 Å². The molecule has 1 heterocycles. The van der Waals surface area contributed by atoms with Gasteiger partial charge >= 0.3 is 12.0 Å². The van der Waals surface area contributed by atoms with E-state index in [-0.39, 0.29) is 12.6 Å². The highest BCUT2D eigenvalue weighted by Gasteiger charge is 2.15. The Labute approximate surface area is 81.6 Å². The summed E-state index contributed by atoms with van der Waals surface area (Å²) in [6, 6.07) is -0.470. The molecule has 0 aromatic rings. The topological polar surface area (TPSA) is 87.7 Å². The highest BCUT2D eigenvalue weighted by Crippen LogP contribution is 2.10. The third-order valence-electron chi connectivity index (χ3n) is 1.91. The Morgan fingerprint density at radius 1 is 1.43 bits per heavy atom. The van der Waals surface area contributed by atoms with Crippen LogP contribution in [0.5, 0.6) is 0 Å². The molecule has 6 nitrogen and oxygen atoms in total. The maximum atomic E-state index is 11.0. The van der Waals surface area contributed by atoms with Crippen molar-refractivity contribution >= 4 is 12.0 Å². The summed E-state index contributed by atoms with van der Waals surface area (Å²) in [7, 11) is 0. The van der Waals surface area contributed by atoms with E-state index in [0.717, 1.165) is 19.4 Å². The first-order valence-corrected chi connectivity index (χ1v) is 4.53. The molecule has 14 heavy (non-hydrogen) atoms. The molecule has 6 heteroatoms. The third kappa shape index (κ3) is 4.08. The molecule has 0 aromatic carbocycles. The molecule has 80 valence electrons. The van der Waals surface area contributed by atoms with E-state index in [9.17, 15) is 9.59 Å². The van der Waals surface area contributed by atoms with Gasteiger partial charge < -0.3 is 20.5 Å². The number of ether oxygens (including phenoxy) is 1. The number of carboxylic acids is 1. The average Bonchev–Trinajstić information content (AvgIpc) is 2.63. The molecule has 1 aliphatic heterocycles. The Balaban J connectivity index is 2.05. The molecule has 0 aromatic heterocycles. The Bertz CT molecular complexity index is 213. The second-order valence-corrected chi connectivity index (χ2v) is 3.09. The highest BCUT2D eigenvalue weighted by atomic mass is 16.5. The lowest BCUT2D eigenvalue weighted by molar-refractivity contribution is -0.135. The quantitative estimate of drug-likeness (QED) is 0.576. The largest absolute Gasteiger partial charge is 0.480 e. The molecule has 0 spiro atoms. The predicted molar refractivity (Wildman–Crippen MR) is 48.0 cm³/mol. The molecular formula is C8H14N2O4. The number of hydrogen-bond acceptors (Lipinski definition) is 3. The zero-order valence-corrected chi connectivity index (χ0v) is 7.78. The van der Waals surface area contributed by atoms with Gasteiger partial charge in [0.15, 0.2) is 0 Å². The van der Waals surface area contributed by atoms with E-state index in [0.29, 0.717) is 6.54 Å². The van der Waals surface area contributed by atoms with Crippen molar-refractivity contribution in [3.8, 4) is 0 Å². The van der Waals surface area contributed by atoms with Gasteiger partial charge in [0.05, 0.1) is 6.10 Å². The summed E-state index contributed by atoms with van der Waals surface area (Å²) in [5.41, 5.74) is 0. The van der Waals surface area contributed by atoms with Crippen molar-refractivity contribution in [2.24, 2.45) is 0 Å². The number of nitrogens with one attached hydrogen (secondary N) is 2. The number of aliphatic carboxylic acids is 1. The van der Waals surface area contributed by atoms with Crippen molar-refractivity contribution in [1.29, 1.82) is 0 Å². The monoisotopic (exact) mass is 202 g/mol. The van der Waals surface area contributed by atoms with E-state index in [4.69, 9.17) is 9.84 Å². The van der Waals surface area contributed by atoms with Crippen LogP contribution in [-0.4, -0.2) is 42.9 Å². The molecule has 0 bridgehead atoms. The summed E-state index contributed by atoms with van der Waals surface area (Å²) in [6.45, 7) is 0.811. The Kier molecular flexibility index (Phi) is 4.18. The summed E-state index contributed by atoms with van der Waals surface area (Å²) in [4.78, 5) is 21.1. The van der Waals surface area contributed by atoms with Gasteiger partial charge in [0, 0.05) is 13.2 Å². The van der Waals surface area contributed by atoms with Crippen LogP contribution in [0.25, 0.3) is 0 Å². The van der Waals surface area contributed by atoms with Crippen LogP contribution in [-0.2, 0) is 9.53 Å². The zero-order valence-electron chi connectivity index (χ0n) is 7.78. The van der Waals surface area contributed by atoms with E-state index >= 15 is 0 Å². The Morgan fingerprint density at radius 3 is 2.79 bits per heavy atom. The van der Waals surface area contributed by atoms with Crippen LogP contribution in [0.4, 0.5) is 4.79 Å². The van der Waals surface area contributed by atoms with Gasteiger partial charge in [0.2, 0.25) is 0 Å². The lowest BCUT2D eigenvalue weighted by Crippen LogP contribution is -2.41. The summed E-state index contributed by atoms with van der Waals surface area (Å²) in [6.07, 6.45) is 2.04. The second kappa shape index (κ2) is 5.43. The van der Waals surface area contributed by atoms with Crippen molar-refractivity contribution in [2.75, 3.05) is 19.7 Å². The Hall–Kier alpha value is -1.30. The fourth-order valence-electron chi connectivity index (χ4n) is 1.23. The molecule has 3 N–H and O–H groups in total. The number of rotatable bonds is 4. The molecule has 1 fully saturated rings. The van der Waals surface area contributed by atoms with Gasteiger partial charge in [0.25, 0.3) is 0 Å². The number of urea groups is 1. The average molecular weight is 202 g/mol. The minimum atomic E-state index is -1.06. The molecule has 1 atom stereocenters. The molecule has 0 radical (unpaired) electrons. The SMILES string of the molecule is O=C(O)CNC(=O)NCC1CCCO1. The lowest BCUT2D eigenvalue weighted by atomic mass is 10.2. The predicted octanol–water partition coefficient (Wildman–Crippen LogP) is -0.451. The fourth-order valence-corrected chi connectivity index (χ4v) is 1.23. The van der Waals surface area contributed by atoms with Crippen LogP contribution in [0.15, 0.2) is 0 Å². The molecule has 0 saturated carbocycles. The molecule has 0 aliphatic carbocycles. The van der Waals surface area contributed by atoms with Crippen molar-refractivity contribution in [3.63, 3.8) is 0 Å². The summed E-state index contributed by atoms with van der Waals surface area (Å²) >= 11 is 0. The van der Waals surface area contributed by atoms with Crippen LogP contribution in [0.3, 0.4) is 0 Å². The third-order valence-corrected chi connectivity index (χ3v) is 1.91. The van der Waals surface area contributed by atoms with Gasteiger partial charge in [-0.1, -0.05) is 0 Å². The van der Waals surface area contributed by atoms with Crippen LogP contribution in [0.2, 0.25) is 0 Å². The minimum absolute atomic E-state index is 0.0746. The minimum Gasteiger partial charge on any atom is -0.480 e. The number of carbonyl (C=O) groups is 2. The number of carboxylic acid groups (broad SMARTS) is 1. The maximum absolute atomic E-state index is 11.0. The van der Waals surface area contributed by atoms with Gasteiger partial charge in [-0.25, -0.2) is 4.79 Å². The number of amides is 2. The molecular weight excluding hydrogens is 188 g/mol. The molecule has 1 aliphatic rings. The van der Waals surface area contributed by atoms with Crippen LogP contribution in [0, 0.1) is 0 Å². The smallest absolute Gasteiger partial charge is 0.323 e. The first-order valence-electron chi connectivity index (χ1n) is 4.53. The lowest BCUT2D eigenvalue weighted by Gasteiger charge is -2.10. The van der Waals surface area contributed by atoms with Gasteiger partial charge in [-0.3, -0.25) is 4.79 Å². The van der Waals surface area contributed by atoms with Crippen LogP contribution >= 0.6 is 0 Å². The van der Waals surface area contributed by atoms with E-state index in [1.54, 1.807) is 0 Å². The van der Waals surface area contributed by atoms with E-state index in [2.05, 4.69) is 10.6 Å². The van der Waals surface area contributed by atoms with E-state index in [1.807, 2.05) is 0 Å². The molecule has 1 rings (SSSR count). The van der Waals surface area contributed by atoms with Gasteiger partial charge in [-0.15, -0.1) is 0 Å². The van der Waals surface area contributed by atoms with Crippen LogP contribution < -0.4 is 10.6 Å². The van der Waals surface area contributed by atoms with Gasteiger partial charge in [-0.05, 0) is 12.8 Å². The first kappa shape index (κ1) is 10.8. The second-order valence-electron chi connectivity index (χ2n) is 3.09.